The van der Waals surface area contributed by atoms with Gasteiger partial charge in [0, 0.05) is 5.56 Å². The van der Waals surface area contributed by atoms with Crippen molar-refractivity contribution in [2.24, 2.45) is 5.92 Å². The molecule has 18 heavy (non-hydrogen) atoms. The van der Waals surface area contributed by atoms with E-state index in [1.54, 1.807) is 6.07 Å². The SMILES string of the molecule is Fc1ccc2c(c1CC1CCNCC1)COCO2. The molecule has 2 aliphatic rings. The number of piperidine rings is 1. The van der Waals surface area contributed by atoms with Crippen molar-refractivity contribution in [3.63, 3.8) is 0 Å². The molecule has 1 fully saturated rings. The van der Waals surface area contributed by atoms with E-state index in [1.165, 1.54) is 6.07 Å². The molecule has 0 amide bonds. The fourth-order valence-corrected chi connectivity index (χ4v) is 2.78. The Labute approximate surface area is 106 Å². The van der Waals surface area contributed by atoms with E-state index < -0.39 is 0 Å². The Bertz CT molecular complexity index is 430. The van der Waals surface area contributed by atoms with Crippen LogP contribution >= 0.6 is 0 Å². The summed E-state index contributed by atoms with van der Waals surface area (Å²) in [5, 5.41) is 3.33. The maximum Gasteiger partial charge on any atom is 0.189 e. The molecule has 1 saturated heterocycles. The van der Waals surface area contributed by atoms with Crippen LogP contribution in [0.3, 0.4) is 0 Å². The molecule has 0 aromatic heterocycles. The van der Waals surface area contributed by atoms with Gasteiger partial charge in [-0.05, 0) is 56.0 Å². The number of fused-ring (bicyclic) bond motifs is 1. The van der Waals surface area contributed by atoms with Crippen LogP contribution in [0.4, 0.5) is 4.39 Å². The normalized spacial score (nSPS) is 20.3. The number of nitrogens with one attached hydrogen (secondary N) is 1. The molecule has 0 aliphatic carbocycles. The van der Waals surface area contributed by atoms with Crippen LogP contribution in [0, 0.1) is 11.7 Å². The molecule has 3 nitrogen and oxygen atoms in total. The van der Waals surface area contributed by atoms with E-state index in [4.69, 9.17) is 9.47 Å². The van der Waals surface area contributed by atoms with Crippen molar-refractivity contribution in [2.75, 3.05) is 19.9 Å². The summed E-state index contributed by atoms with van der Waals surface area (Å²) < 4.78 is 24.7. The minimum absolute atomic E-state index is 0.124. The van der Waals surface area contributed by atoms with E-state index in [0.717, 1.165) is 49.2 Å². The zero-order valence-electron chi connectivity index (χ0n) is 10.4. The van der Waals surface area contributed by atoms with E-state index >= 15 is 0 Å². The number of rotatable bonds is 2. The van der Waals surface area contributed by atoms with Gasteiger partial charge in [0.25, 0.3) is 0 Å². The van der Waals surface area contributed by atoms with Gasteiger partial charge in [0.05, 0.1) is 6.61 Å². The second-order valence-corrected chi connectivity index (χ2v) is 5.01. The summed E-state index contributed by atoms with van der Waals surface area (Å²) in [4.78, 5) is 0. The third kappa shape index (κ3) is 2.35. The predicted molar refractivity (Wildman–Crippen MR) is 66.0 cm³/mol. The van der Waals surface area contributed by atoms with E-state index in [-0.39, 0.29) is 12.6 Å². The molecule has 0 bridgehead atoms. The molecule has 0 radical (unpaired) electrons. The molecule has 0 unspecified atom stereocenters. The topological polar surface area (TPSA) is 30.5 Å². The zero-order chi connectivity index (χ0) is 12.4. The molecule has 1 aromatic rings. The average molecular weight is 251 g/mol. The van der Waals surface area contributed by atoms with E-state index in [1.807, 2.05) is 0 Å². The summed E-state index contributed by atoms with van der Waals surface area (Å²) in [6.45, 7) is 2.81. The largest absolute Gasteiger partial charge is 0.467 e. The van der Waals surface area contributed by atoms with E-state index in [9.17, 15) is 4.39 Å². The highest BCUT2D eigenvalue weighted by Gasteiger charge is 2.22. The molecule has 1 aromatic carbocycles. The van der Waals surface area contributed by atoms with Crippen LogP contribution in [-0.2, 0) is 17.8 Å². The van der Waals surface area contributed by atoms with Crippen molar-refractivity contribution in [3.05, 3.63) is 29.1 Å². The van der Waals surface area contributed by atoms with E-state index in [2.05, 4.69) is 5.32 Å². The summed E-state index contributed by atoms with van der Waals surface area (Å²) >= 11 is 0. The molecule has 2 aliphatic heterocycles. The Hall–Kier alpha value is -1.13. The standard InChI is InChI=1S/C14H18FNO2/c15-13-1-2-14-12(8-17-9-18-14)11(13)7-10-3-5-16-6-4-10/h1-2,10,16H,3-9H2. The van der Waals surface area contributed by atoms with Crippen molar-refractivity contribution in [1.29, 1.82) is 0 Å². The van der Waals surface area contributed by atoms with Crippen LogP contribution in [-0.4, -0.2) is 19.9 Å². The van der Waals surface area contributed by atoms with Crippen LogP contribution in [0.25, 0.3) is 0 Å². The lowest BCUT2D eigenvalue weighted by Gasteiger charge is -2.26. The first-order chi connectivity index (χ1) is 8.84. The van der Waals surface area contributed by atoms with Gasteiger partial charge in [-0.3, -0.25) is 0 Å². The first kappa shape index (κ1) is 11.9. The minimum Gasteiger partial charge on any atom is -0.467 e. The lowest BCUT2D eigenvalue weighted by Crippen LogP contribution is -2.29. The summed E-state index contributed by atoms with van der Waals surface area (Å²) in [5.41, 5.74) is 1.69. The Morgan fingerprint density at radius 1 is 1.28 bits per heavy atom. The molecule has 0 saturated carbocycles. The molecule has 3 rings (SSSR count). The first-order valence-electron chi connectivity index (χ1n) is 6.56. The Kier molecular flexibility index (Phi) is 3.48. The minimum atomic E-state index is -0.124. The fraction of sp³-hybridized carbons (Fsp3) is 0.571. The smallest absolute Gasteiger partial charge is 0.189 e. The second-order valence-electron chi connectivity index (χ2n) is 5.01. The third-order valence-electron chi connectivity index (χ3n) is 3.83. The molecule has 98 valence electrons. The molecular formula is C14H18FNO2. The lowest BCUT2D eigenvalue weighted by atomic mass is 9.88. The van der Waals surface area contributed by atoms with Gasteiger partial charge in [0.15, 0.2) is 6.79 Å². The number of benzene rings is 1. The lowest BCUT2D eigenvalue weighted by molar-refractivity contribution is -0.0172. The fourth-order valence-electron chi connectivity index (χ4n) is 2.78. The van der Waals surface area contributed by atoms with Gasteiger partial charge in [-0.2, -0.15) is 0 Å². The molecular weight excluding hydrogens is 233 g/mol. The van der Waals surface area contributed by atoms with Gasteiger partial charge in [0.1, 0.15) is 11.6 Å². The van der Waals surface area contributed by atoms with Crippen LogP contribution in [0.1, 0.15) is 24.0 Å². The molecule has 0 spiro atoms. The summed E-state index contributed by atoms with van der Waals surface area (Å²) in [5.74, 6) is 1.22. The van der Waals surface area contributed by atoms with Gasteiger partial charge in [-0.15, -0.1) is 0 Å². The maximum atomic E-state index is 14.0. The Morgan fingerprint density at radius 2 is 2.11 bits per heavy atom. The second kappa shape index (κ2) is 5.24. The highest BCUT2D eigenvalue weighted by atomic mass is 19.1. The maximum absolute atomic E-state index is 14.0. The number of hydrogen-bond donors (Lipinski definition) is 1. The Morgan fingerprint density at radius 3 is 2.94 bits per heavy atom. The van der Waals surface area contributed by atoms with Crippen LogP contribution < -0.4 is 10.1 Å². The van der Waals surface area contributed by atoms with Gasteiger partial charge in [-0.25, -0.2) is 4.39 Å². The Balaban J connectivity index is 1.85. The number of ether oxygens (including phenoxy) is 2. The molecule has 1 N–H and O–H groups in total. The molecule has 2 heterocycles. The molecule has 4 heteroatoms. The quantitative estimate of drug-likeness (QED) is 0.874. The van der Waals surface area contributed by atoms with Crippen molar-refractivity contribution in [3.8, 4) is 5.75 Å². The highest BCUT2D eigenvalue weighted by Crippen LogP contribution is 2.31. The van der Waals surface area contributed by atoms with Crippen LogP contribution in [0.2, 0.25) is 0 Å². The highest BCUT2D eigenvalue weighted by molar-refractivity contribution is 5.41. The van der Waals surface area contributed by atoms with Crippen LogP contribution in [0.15, 0.2) is 12.1 Å². The van der Waals surface area contributed by atoms with Crippen molar-refractivity contribution >= 4 is 0 Å². The predicted octanol–water partition coefficient (Wildman–Crippen LogP) is 2.23. The van der Waals surface area contributed by atoms with Gasteiger partial charge >= 0.3 is 0 Å². The monoisotopic (exact) mass is 251 g/mol. The third-order valence-corrected chi connectivity index (χ3v) is 3.83. The van der Waals surface area contributed by atoms with E-state index in [0.29, 0.717) is 12.5 Å². The average Bonchev–Trinajstić information content (AvgIpc) is 2.43. The van der Waals surface area contributed by atoms with Gasteiger partial charge < -0.3 is 14.8 Å². The molecule has 0 atom stereocenters. The summed E-state index contributed by atoms with van der Waals surface area (Å²) in [6.07, 6.45) is 3.03. The van der Waals surface area contributed by atoms with Crippen LogP contribution in [0.5, 0.6) is 5.75 Å². The summed E-state index contributed by atoms with van der Waals surface area (Å²) in [6, 6.07) is 3.22. The first-order valence-corrected chi connectivity index (χ1v) is 6.56. The van der Waals surface area contributed by atoms with Crippen molar-refractivity contribution < 1.29 is 13.9 Å². The zero-order valence-corrected chi connectivity index (χ0v) is 10.4. The summed E-state index contributed by atoms with van der Waals surface area (Å²) in [7, 11) is 0. The van der Waals surface area contributed by atoms with Gasteiger partial charge in [-0.1, -0.05) is 0 Å². The number of halogens is 1. The van der Waals surface area contributed by atoms with Crippen molar-refractivity contribution in [2.45, 2.75) is 25.9 Å². The number of hydrogen-bond acceptors (Lipinski definition) is 3. The van der Waals surface area contributed by atoms with Gasteiger partial charge in [0.2, 0.25) is 0 Å². The van der Waals surface area contributed by atoms with Crippen molar-refractivity contribution in [1.82, 2.24) is 5.32 Å².